The van der Waals surface area contributed by atoms with Crippen molar-refractivity contribution < 1.29 is 4.74 Å². The van der Waals surface area contributed by atoms with Crippen LogP contribution in [0.3, 0.4) is 0 Å². The normalized spacial score (nSPS) is 10.1. The van der Waals surface area contributed by atoms with Crippen molar-refractivity contribution in [3.8, 4) is 40.1 Å². The highest BCUT2D eigenvalue weighted by Gasteiger charge is 2.16. The summed E-state index contributed by atoms with van der Waals surface area (Å²) in [5, 5.41) is 18.9. The molecule has 0 aliphatic rings. The maximum absolute atomic E-state index is 9.73. The first-order valence-electron chi connectivity index (χ1n) is 9.66. The summed E-state index contributed by atoms with van der Waals surface area (Å²) in [6.07, 6.45) is 1.70. The lowest BCUT2D eigenvalue weighted by molar-refractivity contribution is 0.306. The van der Waals surface area contributed by atoms with Gasteiger partial charge in [0, 0.05) is 22.9 Å². The molecule has 148 valence electrons. The topological polar surface area (TPSA) is 95.7 Å². The average molecular weight is 402 g/mol. The van der Waals surface area contributed by atoms with Crippen LogP contribution in [0.5, 0.6) is 5.75 Å². The molecule has 0 atom stereocenters. The zero-order chi connectivity index (χ0) is 21.6. The van der Waals surface area contributed by atoms with Crippen LogP contribution in [0.25, 0.3) is 22.3 Å². The number of nitrogen functional groups attached to an aromatic ring is 1. The first-order chi connectivity index (χ1) is 15.2. The van der Waals surface area contributed by atoms with Gasteiger partial charge in [-0.15, -0.1) is 0 Å². The molecule has 0 saturated heterocycles. The fourth-order valence-electron chi connectivity index (χ4n) is 3.41. The molecule has 0 saturated carbocycles. The minimum absolute atomic E-state index is 0.200. The molecule has 1 heterocycles. The molecule has 3 aromatic carbocycles. The lowest BCUT2D eigenvalue weighted by Crippen LogP contribution is -2.00. The van der Waals surface area contributed by atoms with Crippen molar-refractivity contribution in [3.05, 3.63) is 102 Å². The van der Waals surface area contributed by atoms with E-state index in [4.69, 9.17) is 10.5 Å². The number of benzene rings is 3. The number of aromatic nitrogens is 1. The van der Waals surface area contributed by atoms with E-state index in [9.17, 15) is 10.5 Å². The second kappa shape index (κ2) is 8.82. The predicted octanol–water partition coefficient (Wildman–Crippen LogP) is 5.32. The van der Waals surface area contributed by atoms with Crippen LogP contribution in [-0.4, -0.2) is 4.98 Å². The van der Waals surface area contributed by atoms with Crippen LogP contribution in [0.1, 0.15) is 16.7 Å². The molecule has 0 aliphatic carbocycles. The molecule has 5 heteroatoms. The summed E-state index contributed by atoms with van der Waals surface area (Å²) in [5.41, 5.74) is 11.1. The Labute approximate surface area is 180 Å². The molecule has 0 unspecified atom stereocenters. The molecule has 0 fully saturated rings. The summed E-state index contributed by atoms with van der Waals surface area (Å²) in [7, 11) is 0. The van der Waals surface area contributed by atoms with E-state index in [1.165, 1.54) is 0 Å². The van der Waals surface area contributed by atoms with E-state index in [-0.39, 0.29) is 5.82 Å². The molecule has 0 bridgehead atoms. The molecule has 1 aromatic heterocycles. The second-order valence-electron chi connectivity index (χ2n) is 6.87. The van der Waals surface area contributed by atoms with E-state index in [1.54, 1.807) is 12.3 Å². The molecular formula is C26H18N4O. The smallest absolute Gasteiger partial charge is 0.141 e. The Bertz CT molecular complexity index is 1300. The summed E-state index contributed by atoms with van der Waals surface area (Å²) in [4.78, 5) is 4.21. The van der Waals surface area contributed by atoms with Crippen LogP contribution in [0, 0.1) is 22.7 Å². The Morgan fingerprint density at radius 2 is 1.52 bits per heavy atom. The molecule has 0 spiro atoms. The Morgan fingerprint density at radius 1 is 0.806 bits per heavy atom. The van der Waals surface area contributed by atoms with Crippen LogP contribution in [0.15, 0.2) is 85.1 Å². The van der Waals surface area contributed by atoms with Gasteiger partial charge in [0.2, 0.25) is 0 Å². The highest BCUT2D eigenvalue weighted by atomic mass is 16.5. The van der Waals surface area contributed by atoms with Gasteiger partial charge < -0.3 is 10.5 Å². The quantitative estimate of drug-likeness (QED) is 0.487. The van der Waals surface area contributed by atoms with E-state index in [1.807, 2.05) is 72.8 Å². The van der Waals surface area contributed by atoms with E-state index in [2.05, 4.69) is 17.1 Å². The minimum atomic E-state index is 0.200. The van der Waals surface area contributed by atoms with Gasteiger partial charge >= 0.3 is 0 Å². The van der Waals surface area contributed by atoms with E-state index in [0.29, 0.717) is 23.5 Å². The van der Waals surface area contributed by atoms with Gasteiger partial charge in [-0.3, -0.25) is 0 Å². The third kappa shape index (κ3) is 4.07. The Balaban J connectivity index is 1.67. The maximum Gasteiger partial charge on any atom is 0.141 e. The molecule has 2 N–H and O–H groups in total. The van der Waals surface area contributed by atoms with Gasteiger partial charge in [0.15, 0.2) is 0 Å². The Kier molecular flexibility index (Phi) is 5.60. The molecule has 0 radical (unpaired) electrons. The largest absolute Gasteiger partial charge is 0.489 e. The van der Waals surface area contributed by atoms with Gasteiger partial charge in [-0.05, 0) is 29.3 Å². The van der Waals surface area contributed by atoms with Crippen molar-refractivity contribution in [2.45, 2.75) is 6.61 Å². The van der Waals surface area contributed by atoms with Crippen molar-refractivity contribution in [1.82, 2.24) is 4.98 Å². The number of anilines is 1. The molecule has 31 heavy (non-hydrogen) atoms. The van der Waals surface area contributed by atoms with E-state index < -0.39 is 0 Å². The Hall–Kier alpha value is -4.61. The molecule has 4 aromatic rings. The zero-order valence-corrected chi connectivity index (χ0v) is 16.6. The van der Waals surface area contributed by atoms with E-state index in [0.717, 1.165) is 27.8 Å². The van der Waals surface area contributed by atoms with Gasteiger partial charge in [0.05, 0.1) is 11.6 Å². The van der Waals surface area contributed by atoms with Crippen molar-refractivity contribution in [2.75, 3.05) is 5.73 Å². The van der Waals surface area contributed by atoms with Crippen molar-refractivity contribution in [2.24, 2.45) is 0 Å². The van der Waals surface area contributed by atoms with Gasteiger partial charge in [-0.1, -0.05) is 60.7 Å². The molecule has 0 amide bonds. The monoisotopic (exact) mass is 402 g/mol. The summed E-state index contributed by atoms with van der Waals surface area (Å²) in [6, 6.07) is 29.0. The van der Waals surface area contributed by atoms with Crippen LogP contribution >= 0.6 is 0 Å². The lowest BCUT2D eigenvalue weighted by Gasteiger charge is -2.14. The van der Waals surface area contributed by atoms with Gasteiger partial charge in [0.1, 0.15) is 29.8 Å². The molecule has 0 aliphatic heterocycles. The summed E-state index contributed by atoms with van der Waals surface area (Å²) in [6.45, 7) is 0.296. The summed E-state index contributed by atoms with van der Waals surface area (Å²) >= 11 is 0. The first-order valence-corrected chi connectivity index (χ1v) is 9.66. The first kappa shape index (κ1) is 19.7. The number of nitrogens with zero attached hydrogens (tertiary/aromatic N) is 3. The number of nitrogens with two attached hydrogens (primary N) is 1. The Morgan fingerprint density at radius 3 is 2.23 bits per heavy atom. The number of rotatable bonds is 5. The van der Waals surface area contributed by atoms with Crippen molar-refractivity contribution in [3.63, 3.8) is 0 Å². The van der Waals surface area contributed by atoms with Gasteiger partial charge in [-0.25, -0.2) is 4.98 Å². The van der Waals surface area contributed by atoms with Crippen LogP contribution in [-0.2, 0) is 6.61 Å². The van der Waals surface area contributed by atoms with Crippen molar-refractivity contribution in [1.29, 1.82) is 10.5 Å². The fourth-order valence-corrected chi connectivity index (χ4v) is 3.41. The summed E-state index contributed by atoms with van der Waals surface area (Å²) < 4.78 is 5.87. The van der Waals surface area contributed by atoms with Crippen molar-refractivity contribution >= 4 is 5.82 Å². The van der Waals surface area contributed by atoms with Crippen LogP contribution < -0.4 is 10.5 Å². The predicted molar refractivity (Wildman–Crippen MR) is 120 cm³/mol. The fraction of sp³-hybridized carbons (Fsp3) is 0.0385. The third-order valence-electron chi connectivity index (χ3n) is 4.98. The highest BCUT2D eigenvalue weighted by Crippen LogP contribution is 2.36. The highest BCUT2D eigenvalue weighted by molar-refractivity contribution is 5.89. The molecule has 5 nitrogen and oxygen atoms in total. The summed E-state index contributed by atoms with van der Waals surface area (Å²) in [5.74, 6) is 0.865. The molecule has 4 rings (SSSR count). The maximum atomic E-state index is 9.73. The molecular weight excluding hydrogens is 384 g/mol. The van der Waals surface area contributed by atoms with Gasteiger partial charge in [0.25, 0.3) is 0 Å². The average Bonchev–Trinajstić information content (AvgIpc) is 2.83. The van der Waals surface area contributed by atoms with E-state index >= 15 is 0 Å². The number of hydrogen-bond donors (Lipinski definition) is 1. The van der Waals surface area contributed by atoms with Crippen LogP contribution in [0.4, 0.5) is 5.82 Å². The van der Waals surface area contributed by atoms with Crippen LogP contribution in [0.2, 0.25) is 0 Å². The van der Waals surface area contributed by atoms with Gasteiger partial charge in [-0.2, -0.15) is 10.5 Å². The number of nitriles is 2. The SMILES string of the molecule is N#Cc1ccccc1COc1ccc(-c2c(-c3ccccc3)cnc(N)c2C#N)cc1. The zero-order valence-electron chi connectivity index (χ0n) is 16.6. The number of ether oxygens (including phenoxy) is 1. The standard InChI is InChI=1S/C26H18N4O/c27-14-20-8-4-5-9-21(20)17-31-22-12-10-19(11-13-22)25-23(15-28)26(29)30-16-24(25)18-6-2-1-3-7-18/h1-13,16H,17H2,(H2,29,30). The lowest BCUT2D eigenvalue weighted by atomic mass is 9.92. The second-order valence-corrected chi connectivity index (χ2v) is 6.87. The number of pyridine rings is 1. The number of hydrogen-bond acceptors (Lipinski definition) is 5. The third-order valence-corrected chi connectivity index (χ3v) is 4.98. The minimum Gasteiger partial charge on any atom is -0.489 e.